The lowest BCUT2D eigenvalue weighted by Crippen LogP contribution is -2.49. The smallest absolute Gasteiger partial charge is 0.191 e. The highest BCUT2D eigenvalue weighted by molar-refractivity contribution is 5.80. The number of likely N-dealkylation sites (N-methyl/N-ethyl adjacent to an activating group) is 1. The van der Waals surface area contributed by atoms with Crippen molar-refractivity contribution in [3.63, 3.8) is 0 Å². The fourth-order valence-corrected chi connectivity index (χ4v) is 3.80. The van der Waals surface area contributed by atoms with E-state index in [9.17, 15) is 4.39 Å². The highest BCUT2D eigenvalue weighted by Gasteiger charge is 2.26. The van der Waals surface area contributed by atoms with Gasteiger partial charge in [0.2, 0.25) is 0 Å². The molecule has 156 valence electrons. The number of guanidine groups is 1. The zero-order chi connectivity index (χ0) is 19.9. The van der Waals surface area contributed by atoms with E-state index in [4.69, 9.17) is 4.99 Å². The average molecular weight is 392 g/mol. The molecule has 8 heteroatoms. The lowest BCUT2D eigenvalue weighted by molar-refractivity contribution is 0.122. The van der Waals surface area contributed by atoms with Crippen LogP contribution in [0.5, 0.6) is 0 Å². The molecule has 1 aromatic heterocycles. The van der Waals surface area contributed by atoms with Gasteiger partial charge in [-0.25, -0.2) is 9.37 Å². The standard InChI is InChI=1S/C20H34FN7/c1-4-22-20(24-14-16(2)27-12-10-26(3)11-13-27)25-17-7-9-28(15-17)19-18(21)6-5-8-23-19/h5-6,8,16-17H,4,7,9-15H2,1-3H3,(H2,22,24,25). The highest BCUT2D eigenvalue weighted by atomic mass is 19.1. The Bertz CT molecular complexity index is 645. The summed E-state index contributed by atoms with van der Waals surface area (Å²) in [4.78, 5) is 15.9. The number of halogens is 1. The van der Waals surface area contributed by atoms with Crippen LogP contribution in [0, 0.1) is 5.82 Å². The normalized spacial score (nSPS) is 23.1. The maximum atomic E-state index is 14.0. The molecule has 0 bridgehead atoms. The number of piperazine rings is 1. The molecule has 2 atom stereocenters. The first-order valence-corrected chi connectivity index (χ1v) is 10.4. The number of rotatable bonds is 6. The molecule has 2 N–H and O–H groups in total. The van der Waals surface area contributed by atoms with Crippen molar-refractivity contribution in [2.75, 3.05) is 64.3 Å². The van der Waals surface area contributed by atoms with Gasteiger partial charge in [-0.05, 0) is 39.4 Å². The Morgan fingerprint density at radius 3 is 2.82 bits per heavy atom. The zero-order valence-corrected chi connectivity index (χ0v) is 17.4. The molecule has 7 nitrogen and oxygen atoms in total. The van der Waals surface area contributed by atoms with E-state index in [1.807, 2.05) is 4.90 Å². The van der Waals surface area contributed by atoms with Gasteiger partial charge in [-0.3, -0.25) is 9.89 Å². The van der Waals surface area contributed by atoms with Gasteiger partial charge in [0.15, 0.2) is 17.6 Å². The minimum absolute atomic E-state index is 0.234. The Balaban J connectivity index is 1.53. The second kappa shape index (κ2) is 10.0. The fourth-order valence-electron chi connectivity index (χ4n) is 3.80. The number of anilines is 1. The molecule has 0 aliphatic carbocycles. The van der Waals surface area contributed by atoms with E-state index < -0.39 is 0 Å². The maximum absolute atomic E-state index is 14.0. The van der Waals surface area contributed by atoms with Gasteiger partial charge in [-0.2, -0.15) is 0 Å². The minimum atomic E-state index is -0.260. The molecule has 0 saturated carbocycles. The summed E-state index contributed by atoms with van der Waals surface area (Å²) in [5, 5.41) is 6.87. The van der Waals surface area contributed by atoms with Crippen LogP contribution < -0.4 is 15.5 Å². The summed E-state index contributed by atoms with van der Waals surface area (Å²) in [6, 6.07) is 3.75. The lowest BCUT2D eigenvalue weighted by Gasteiger charge is -2.36. The van der Waals surface area contributed by atoms with Crippen LogP contribution in [0.15, 0.2) is 23.3 Å². The van der Waals surface area contributed by atoms with Gasteiger partial charge in [-0.15, -0.1) is 0 Å². The first-order chi connectivity index (χ1) is 13.6. The van der Waals surface area contributed by atoms with Crippen LogP contribution >= 0.6 is 0 Å². The minimum Gasteiger partial charge on any atom is -0.357 e. The predicted octanol–water partition coefficient (Wildman–Crippen LogP) is 0.990. The van der Waals surface area contributed by atoms with Crippen LogP contribution in [0.4, 0.5) is 10.2 Å². The topological polar surface area (TPSA) is 59.0 Å². The molecule has 0 aromatic carbocycles. The van der Waals surface area contributed by atoms with Gasteiger partial charge < -0.3 is 20.4 Å². The van der Waals surface area contributed by atoms with E-state index >= 15 is 0 Å². The molecule has 0 spiro atoms. The number of hydrogen-bond acceptors (Lipinski definition) is 5. The monoisotopic (exact) mass is 391 g/mol. The molecule has 2 aliphatic heterocycles. The van der Waals surface area contributed by atoms with Crippen LogP contribution in [0.1, 0.15) is 20.3 Å². The second-order valence-electron chi connectivity index (χ2n) is 7.79. The molecule has 1 aromatic rings. The summed E-state index contributed by atoms with van der Waals surface area (Å²) in [5.74, 6) is 1.03. The summed E-state index contributed by atoms with van der Waals surface area (Å²) in [6.45, 7) is 11.9. The van der Waals surface area contributed by atoms with Gasteiger partial charge in [-0.1, -0.05) is 0 Å². The number of nitrogens with zero attached hydrogens (tertiary/aromatic N) is 5. The molecule has 0 radical (unpaired) electrons. The van der Waals surface area contributed by atoms with Gasteiger partial charge >= 0.3 is 0 Å². The summed E-state index contributed by atoms with van der Waals surface area (Å²) >= 11 is 0. The number of pyridine rings is 1. The molecule has 0 amide bonds. The summed E-state index contributed by atoms with van der Waals surface area (Å²) < 4.78 is 14.0. The van der Waals surface area contributed by atoms with Crippen molar-refractivity contribution in [1.29, 1.82) is 0 Å². The second-order valence-corrected chi connectivity index (χ2v) is 7.79. The Hall–Kier alpha value is -1.93. The third-order valence-electron chi connectivity index (χ3n) is 5.59. The molecular weight excluding hydrogens is 357 g/mol. The van der Waals surface area contributed by atoms with Crippen molar-refractivity contribution in [3.05, 3.63) is 24.1 Å². The largest absolute Gasteiger partial charge is 0.357 e. The van der Waals surface area contributed by atoms with Gasteiger partial charge in [0, 0.05) is 64.1 Å². The van der Waals surface area contributed by atoms with Crippen molar-refractivity contribution in [2.45, 2.75) is 32.4 Å². The molecule has 2 aliphatic rings. The Morgan fingerprint density at radius 1 is 1.32 bits per heavy atom. The number of aromatic nitrogens is 1. The van der Waals surface area contributed by atoms with E-state index in [0.29, 0.717) is 11.9 Å². The molecule has 2 saturated heterocycles. The number of hydrogen-bond donors (Lipinski definition) is 2. The summed E-state index contributed by atoms with van der Waals surface area (Å²) in [7, 11) is 2.18. The molecular formula is C20H34FN7. The molecule has 3 heterocycles. The zero-order valence-electron chi connectivity index (χ0n) is 17.4. The molecule has 28 heavy (non-hydrogen) atoms. The third-order valence-corrected chi connectivity index (χ3v) is 5.59. The van der Waals surface area contributed by atoms with Crippen LogP contribution in [0.25, 0.3) is 0 Å². The van der Waals surface area contributed by atoms with Crippen molar-refractivity contribution >= 4 is 11.8 Å². The third kappa shape index (κ3) is 5.54. The average Bonchev–Trinajstić information content (AvgIpc) is 3.15. The highest BCUT2D eigenvalue weighted by Crippen LogP contribution is 2.20. The van der Waals surface area contributed by atoms with Crippen molar-refractivity contribution in [3.8, 4) is 0 Å². The quantitative estimate of drug-likeness (QED) is 0.557. The van der Waals surface area contributed by atoms with Crippen molar-refractivity contribution in [1.82, 2.24) is 25.4 Å². The number of nitrogens with one attached hydrogen (secondary N) is 2. The lowest BCUT2D eigenvalue weighted by atomic mass is 10.2. The maximum Gasteiger partial charge on any atom is 0.191 e. The van der Waals surface area contributed by atoms with Gasteiger partial charge in [0.1, 0.15) is 0 Å². The van der Waals surface area contributed by atoms with Crippen molar-refractivity contribution < 1.29 is 4.39 Å². The van der Waals surface area contributed by atoms with Crippen LogP contribution in [-0.2, 0) is 0 Å². The fraction of sp³-hybridized carbons (Fsp3) is 0.700. The van der Waals surface area contributed by atoms with E-state index in [0.717, 1.165) is 64.7 Å². The first kappa shape index (κ1) is 20.8. The summed E-state index contributed by atoms with van der Waals surface area (Å²) in [6.07, 6.45) is 2.58. The van der Waals surface area contributed by atoms with Crippen LogP contribution in [0.3, 0.4) is 0 Å². The van der Waals surface area contributed by atoms with Gasteiger partial charge in [0.05, 0.1) is 6.54 Å². The number of aliphatic imine (C=N–C) groups is 1. The molecule has 3 rings (SSSR count). The van der Waals surface area contributed by atoms with E-state index in [-0.39, 0.29) is 11.9 Å². The van der Waals surface area contributed by atoms with Gasteiger partial charge in [0.25, 0.3) is 0 Å². The first-order valence-electron chi connectivity index (χ1n) is 10.4. The van der Waals surface area contributed by atoms with E-state index in [1.165, 1.54) is 6.07 Å². The SMILES string of the molecule is CCNC(=NCC(C)N1CCN(C)CC1)NC1CCN(c2ncccc2F)C1. The summed E-state index contributed by atoms with van der Waals surface area (Å²) in [5.41, 5.74) is 0. The van der Waals surface area contributed by atoms with Crippen LogP contribution in [0.2, 0.25) is 0 Å². The Morgan fingerprint density at radius 2 is 2.11 bits per heavy atom. The Kier molecular flexibility index (Phi) is 7.44. The van der Waals surface area contributed by atoms with Crippen molar-refractivity contribution in [2.24, 2.45) is 4.99 Å². The van der Waals surface area contributed by atoms with E-state index in [2.05, 4.69) is 46.3 Å². The van der Waals surface area contributed by atoms with Crippen LogP contribution in [-0.4, -0.2) is 92.2 Å². The molecule has 2 unspecified atom stereocenters. The predicted molar refractivity (Wildman–Crippen MR) is 112 cm³/mol. The Labute approximate surface area is 168 Å². The molecule has 2 fully saturated rings. The van der Waals surface area contributed by atoms with E-state index in [1.54, 1.807) is 12.3 Å².